The van der Waals surface area contributed by atoms with Gasteiger partial charge in [-0.2, -0.15) is 21.0 Å². The molecule has 8 aromatic heterocycles. The average molecular weight is 2250 g/mol. The predicted octanol–water partition coefficient (Wildman–Crippen LogP) is 18.5. The Morgan fingerprint density at radius 1 is 0.360 bits per heavy atom. The molecule has 8 aromatic carbocycles. The maximum atomic E-state index is 11.7. The molecule has 4 aliphatic rings. The van der Waals surface area contributed by atoms with Gasteiger partial charge in [0.2, 0.25) is 0 Å². The third-order valence-electron chi connectivity index (χ3n) is 25.1. The van der Waals surface area contributed by atoms with Gasteiger partial charge in [-0.25, -0.2) is 73.5 Å². The maximum Gasteiger partial charge on any atom is 0.155 e. The average Bonchev–Trinajstić information content (AvgIpc) is 1.63. The van der Waals surface area contributed by atoms with E-state index < -0.39 is 39.3 Å². The number of hydrogen-bond acceptors (Lipinski definition) is 28. The summed E-state index contributed by atoms with van der Waals surface area (Å²) in [6.07, 6.45) is 22.6. The van der Waals surface area contributed by atoms with Crippen molar-refractivity contribution in [3.63, 3.8) is 0 Å². The van der Waals surface area contributed by atoms with Crippen LogP contribution in [0.4, 0.5) is 5.69 Å². The van der Waals surface area contributed by atoms with Gasteiger partial charge < -0.3 is 47.4 Å². The number of fused-ring (bicyclic) bond motifs is 8. The molecular formula is C106H96Cl8N20O12S4. The molecule has 20 rings (SSSR count). The molecule has 16 aromatic rings. The van der Waals surface area contributed by atoms with Crippen LogP contribution in [0.15, 0.2) is 195 Å². The number of nitrogens with zero attached hydrogens (tertiary/aromatic N) is 19. The van der Waals surface area contributed by atoms with E-state index in [-0.39, 0.29) is 55.5 Å². The number of hydrogen-bond donors (Lipinski definition) is 1. The Morgan fingerprint density at radius 3 is 1.10 bits per heavy atom. The second-order valence-electron chi connectivity index (χ2n) is 36.4. The molecule has 44 heteroatoms. The van der Waals surface area contributed by atoms with Crippen molar-refractivity contribution in [2.45, 2.75) is 94.0 Å². The molecule has 772 valence electrons. The third-order valence-corrected chi connectivity index (χ3v) is 30.0. The highest BCUT2D eigenvalue weighted by molar-refractivity contribution is 7.90. The standard InChI is InChI=1S/2C27H25Cl2N5O3S.2C26H23Cl2N5O3S/c1-38(35,36)17-26-31-14-21-16-33(7-5-24(21)32-26)15-18-2-3-25-19(10-18)4-8-34(25)22-11-20(13-30)27(23(29)12-22)37-9-6-28;1-38(35,36)17-26-31-14-20-4-7-33(16-24(20)32-26)15-18-2-3-25-19(10-18)5-8-34(25)22-11-21(13-30)27(23(29)12-22)37-9-6-28;1-37(34,35)16-25-30-14-18-4-7-32(15-23(18)31-25)20-2-3-24-17(10-20)5-8-33(24)21-11-19(13-29)26(22(28)12-21)36-9-6-27;1-37(34,35)15-25-31-13-19-10-22(30-14-23(19)32-25)16-2-3-24-17(8-16)4-6-33(24)20-9-18(12-29)26(21(28)11-20)36-7-5-27/h2-4,8,10-12,14H,5-7,9,15-17H2,1H3;2-3,5,8,10-12,14H,4,6-7,9,15-17H2,1H3;2-3,5,8,10-12,14H,4,6-7,9,15-16H2,1H3;2-4,6,8-9,11,13,22,30H,5,7,10,14-15H2,1H3. The molecule has 0 fully saturated rings. The first-order valence-electron chi connectivity index (χ1n) is 47.1. The van der Waals surface area contributed by atoms with E-state index in [1.54, 1.807) is 73.3 Å². The lowest BCUT2D eigenvalue weighted by Gasteiger charge is -2.30. The van der Waals surface area contributed by atoms with Crippen molar-refractivity contribution in [3.8, 4) is 70.0 Å². The van der Waals surface area contributed by atoms with Crippen molar-refractivity contribution >= 4 is 181 Å². The summed E-state index contributed by atoms with van der Waals surface area (Å²) >= 11 is 48.7. The van der Waals surface area contributed by atoms with Gasteiger partial charge in [-0.1, -0.05) is 64.6 Å². The highest BCUT2D eigenvalue weighted by atomic mass is 35.5. The predicted molar refractivity (Wildman–Crippen MR) is 583 cm³/mol. The van der Waals surface area contributed by atoms with E-state index in [4.69, 9.17) is 112 Å². The number of alkyl halides is 4. The first-order chi connectivity index (χ1) is 72.0. The topological polar surface area (TPSA) is 413 Å². The fraction of sp³-hybridized carbons (Fsp3) is 0.283. The summed E-state index contributed by atoms with van der Waals surface area (Å²) in [5.74, 6) is 3.27. The molecule has 0 aliphatic carbocycles. The van der Waals surface area contributed by atoms with Crippen LogP contribution in [-0.4, -0.2) is 196 Å². The monoisotopic (exact) mass is 2250 g/mol. The van der Waals surface area contributed by atoms with E-state index in [1.807, 2.05) is 85.5 Å². The van der Waals surface area contributed by atoms with Crippen LogP contribution in [0.5, 0.6) is 23.0 Å². The van der Waals surface area contributed by atoms with Crippen LogP contribution in [0.1, 0.15) is 113 Å². The number of halogens is 8. The fourth-order valence-corrected chi connectivity index (χ4v) is 22.3. The highest BCUT2D eigenvalue weighted by Crippen LogP contribution is 2.41. The number of rotatable bonds is 30. The zero-order valence-corrected chi connectivity index (χ0v) is 90.6. The van der Waals surface area contributed by atoms with Crippen molar-refractivity contribution in [3.05, 3.63) is 323 Å². The summed E-state index contributed by atoms with van der Waals surface area (Å²) in [7, 11) is -12.8. The van der Waals surface area contributed by atoms with Crippen LogP contribution < -0.4 is 29.2 Å². The lowest BCUT2D eigenvalue weighted by molar-refractivity contribution is 0.241. The lowest BCUT2D eigenvalue weighted by Crippen LogP contribution is -2.31. The molecule has 0 amide bonds. The Morgan fingerprint density at radius 2 is 0.700 bits per heavy atom. The Labute approximate surface area is 906 Å². The van der Waals surface area contributed by atoms with Gasteiger partial charge in [0.15, 0.2) is 62.3 Å². The van der Waals surface area contributed by atoms with E-state index >= 15 is 0 Å². The summed E-state index contributed by atoms with van der Waals surface area (Å²) in [5, 5.41) is 47.6. The molecule has 0 saturated carbocycles. The zero-order valence-electron chi connectivity index (χ0n) is 81.3. The molecule has 0 spiro atoms. The van der Waals surface area contributed by atoms with Crippen molar-refractivity contribution in [2.24, 2.45) is 0 Å². The zero-order chi connectivity index (χ0) is 106. The van der Waals surface area contributed by atoms with Gasteiger partial charge in [0.05, 0.1) is 112 Å². The van der Waals surface area contributed by atoms with Crippen LogP contribution in [0, 0.1) is 45.3 Å². The van der Waals surface area contributed by atoms with Crippen LogP contribution in [0.25, 0.3) is 66.4 Å². The number of nitriles is 4. The van der Waals surface area contributed by atoms with Gasteiger partial charge in [0.1, 0.15) is 97.0 Å². The van der Waals surface area contributed by atoms with Gasteiger partial charge in [0, 0.05) is 201 Å². The second-order valence-corrected chi connectivity index (χ2v) is 48.1. The minimum absolute atomic E-state index is 0.0719. The first kappa shape index (κ1) is 108. The Kier molecular flexibility index (Phi) is 34.3. The molecule has 150 heavy (non-hydrogen) atoms. The van der Waals surface area contributed by atoms with Crippen LogP contribution in [-0.2, 0) is 127 Å². The molecule has 32 nitrogen and oxygen atoms in total. The summed E-state index contributed by atoms with van der Waals surface area (Å²) in [4.78, 5) is 41.9. The van der Waals surface area contributed by atoms with Crippen LogP contribution in [0.3, 0.4) is 0 Å². The smallest absolute Gasteiger partial charge is 0.155 e. The van der Waals surface area contributed by atoms with E-state index in [0.29, 0.717) is 145 Å². The molecule has 1 unspecified atom stereocenters. The quantitative estimate of drug-likeness (QED) is 0.0409. The van der Waals surface area contributed by atoms with Gasteiger partial charge in [0.25, 0.3) is 0 Å². The molecule has 4 aliphatic heterocycles. The second kappa shape index (κ2) is 47.4. The minimum atomic E-state index is -3.21. The minimum Gasteiger partial charge on any atom is -0.489 e. The molecule has 0 saturated heterocycles. The van der Waals surface area contributed by atoms with Gasteiger partial charge in [-0.3, -0.25) is 9.80 Å². The number of anilines is 1. The summed E-state index contributed by atoms with van der Waals surface area (Å²) in [6, 6.07) is 56.1. The molecule has 12 heterocycles. The lowest BCUT2D eigenvalue weighted by atomic mass is 9.94. The van der Waals surface area contributed by atoms with E-state index in [9.17, 15) is 54.7 Å². The summed E-state index contributed by atoms with van der Waals surface area (Å²) in [5.41, 5.74) is 20.5. The van der Waals surface area contributed by atoms with E-state index in [2.05, 4.69) is 139 Å². The highest BCUT2D eigenvalue weighted by Gasteiger charge is 2.30. The molecule has 0 bridgehead atoms. The molecule has 0 radical (unpaired) electrons. The number of benzene rings is 8. The first-order valence-corrected chi connectivity index (χ1v) is 59.0. The Bertz CT molecular complexity index is 8590. The van der Waals surface area contributed by atoms with Crippen molar-refractivity contribution in [2.75, 3.05) is 99.5 Å². The van der Waals surface area contributed by atoms with Gasteiger partial charge in [-0.15, -0.1) is 46.4 Å². The summed E-state index contributed by atoms with van der Waals surface area (Å²) in [6.45, 7) is 7.52. The van der Waals surface area contributed by atoms with Crippen molar-refractivity contribution in [1.82, 2.24) is 73.3 Å². The number of aromatic nitrogens is 12. The third kappa shape index (κ3) is 26.5. The van der Waals surface area contributed by atoms with E-state index in [1.165, 1.54) is 30.6 Å². The van der Waals surface area contributed by atoms with Crippen LogP contribution in [0.2, 0.25) is 20.1 Å². The summed E-state index contributed by atoms with van der Waals surface area (Å²) < 4.78 is 123. The van der Waals surface area contributed by atoms with Gasteiger partial charge in [-0.05, 0) is 180 Å². The number of ether oxygens (including phenoxy) is 4. The van der Waals surface area contributed by atoms with Crippen molar-refractivity contribution in [1.29, 1.82) is 21.0 Å². The van der Waals surface area contributed by atoms with Crippen molar-refractivity contribution < 1.29 is 52.6 Å². The fourth-order valence-electron chi connectivity index (χ4n) is 18.5. The number of sulfone groups is 4. The molecule has 1 atom stereocenters. The molecular weight excluding hydrogens is 2160 g/mol. The molecule has 1 N–H and O–H groups in total. The van der Waals surface area contributed by atoms with Crippen LogP contribution >= 0.6 is 92.8 Å². The normalized spacial score (nSPS) is 14.1. The Balaban J connectivity index is 0.000000136. The van der Waals surface area contributed by atoms with E-state index in [0.717, 1.165) is 180 Å². The maximum absolute atomic E-state index is 11.7. The number of nitrogens with one attached hydrogen (secondary N) is 1. The SMILES string of the molecule is CS(=O)(=O)Cc1ncc2c(n1)CCN(Cc1ccc3c(ccn3-c3cc(Cl)c(OCCCl)c(C#N)c3)c1)C2.CS(=O)(=O)Cc1ncc2c(n1)CN(Cc1ccc3c(ccn3-c3cc(Cl)c(OCCCl)c(C#N)c3)c1)CC2.CS(=O)(=O)Cc1ncc2c(n1)CN(c1ccc3c(ccn3-c3cc(Cl)c(OCCCl)c(C#N)c3)c1)CC2.CS(=O)(=O)Cc1ncc2c(n1)CNC(c1ccc3c(ccn3-c3cc(Cl)c(OCCCl)c(C#N)c3)c1)C2. The van der Waals surface area contributed by atoms with Gasteiger partial charge >= 0.3 is 0 Å². The Hall–Kier alpha value is -12.8. The largest absolute Gasteiger partial charge is 0.489 e.